The van der Waals surface area contributed by atoms with Crippen LogP contribution in [0.2, 0.25) is 0 Å². The van der Waals surface area contributed by atoms with Crippen molar-refractivity contribution >= 4 is 25.4 Å². The van der Waals surface area contributed by atoms with E-state index in [1.165, 1.54) is 0 Å². The number of carbonyl (C=O) groups excluding carboxylic acids is 3. The number of alkyl carbamates (subject to hydrolysis) is 1. The first-order valence-corrected chi connectivity index (χ1v) is 15.1. The second kappa shape index (κ2) is 18.9. The average molecular weight is 557 g/mol. The molecule has 1 aromatic carbocycles. The molecule has 2 amide bonds. The van der Waals surface area contributed by atoms with Crippen molar-refractivity contribution in [3.05, 3.63) is 35.9 Å². The number of hydrogen-bond donors (Lipinski definition) is 3. The van der Waals surface area contributed by atoms with Crippen LogP contribution in [-0.2, 0) is 34.5 Å². The summed E-state index contributed by atoms with van der Waals surface area (Å²) in [4.78, 5) is 37.7. The molecule has 11 heteroatoms. The topological polar surface area (TPSA) is 140 Å². The Labute approximate surface area is 226 Å². The van der Waals surface area contributed by atoms with Crippen LogP contribution >= 0.6 is 7.60 Å². The van der Waals surface area contributed by atoms with E-state index in [2.05, 4.69) is 10.6 Å². The van der Waals surface area contributed by atoms with Gasteiger partial charge in [-0.05, 0) is 44.6 Å². The van der Waals surface area contributed by atoms with E-state index in [4.69, 9.17) is 13.8 Å². The number of carbonyl (C=O) groups is 3. The summed E-state index contributed by atoms with van der Waals surface area (Å²) in [6, 6.07) is 7.93. The molecule has 0 aliphatic rings. The summed E-state index contributed by atoms with van der Waals surface area (Å²) in [5.41, 5.74) is 0.823. The minimum Gasteiger partial charge on any atom is -0.445 e. The van der Waals surface area contributed by atoms with Crippen molar-refractivity contribution in [1.82, 2.24) is 10.6 Å². The van der Waals surface area contributed by atoms with E-state index >= 15 is 0 Å². The second-order valence-corrected chi connectivity index (χ2v) is 11.6. The second-order valence-electron chi connectivity index (χ2n) is 9.52. The maximum absolute atomic E-state index is 13.0. The van der Waals surface area contributed by atoms with Crippen LogP contribution in [0.25, 0.3) is 0 Å². The van der Waals surface area contributed by atoms with Gasteiger partial charge in [-0.3, -0.25) is 14.2 Å². The zero-order chi connectivity index (χ0) is 28.4. The summed E-state index contributed by atoms with van der Waals surface area (Å²) in [7, 11) is -3.42. The number of unbranched alkanes of at least 4 members (excludes halogenated alkanes) is 2. The Kier molecular flexibility index (Phi) is 16.8. The normalized spacial score (nSPS) is 13.1. The predicted octanol–water partition coefficient (Wildman–Crippen LogP) is 4.59. The standard InChI is InChI=1S/C27H45N2O8P/c1-5-36-38(34,37-6-2)20-24(31)15-11-8-12-16-25(26(32)28-23(18-30)17-21(3)4)29-27(33)35-19-22-13-9-7-10-14-22/h7,9-10,13-14,21,23,25,30H,5-6,8,11-12,15-20H2,1-4H3,(H,28,32)(H,29,33)/t23-,25?/m0/s1. The molecular formula is C27H45N2O8P. The summed E-state index contributed by atoms with van der Waals surface area (Å²) < 4.78 is 28.1. The number of Topliss-reactive ketones (excluding diaryl/α,β-unsaturated/α-hetero) is 1. The molecule has 0 aliphatic heterocycles. The van der Waals surface area contributed by atoms with Crippen LogP contribution in [0.1, 0.15) is 71.8 Å². The average Bonchev–Trinajstić information content (AvgIpc) is 2.86. The molecule has 3 N–H and O–H groups in total. The van der Waals surface area contributed by atoms with Gasteiger partial charge in [-0.2, -0.15) is 0 Å². The van der Waals surface area contributed by atoms with Crippen molar-refractivity contribution < 1.29 is 37.8 Å². The summed E-state index contributed by atoms with van der Waals surface area (Å²) >= 11 is 0. The SMILES string of the molecule is CCOP(=O)(CC(=O)CCCCCC(NC(=O)OCc1ccccc1)C(=O)N[C@H](CO)CC(C)C)OCC. The van der Waals surface area contributed by atoms with Crippen molar-refractivity contribution in [2.75, 3.05) is 26.0 Å². The van der Waals surface area contributed by atoms with Gasteiger partial charge in [0.1, 0.15) is 24.6 Å². The molecule has 1 unspecified atom stereocenters. The van der Waals surface area contributed by atoms with Crippen molar-refractivity contribution in [1.29, 1.82) is 0 Å². The van der Waals surface area contributed by atoms with Gasteiger partial charge in [0.2, 0.25) is 5.91 Å². The van der Waals surface area contributed by atoms with Crippen molar-refractivity contribution in [3.8, 4) is 0 Å². The fraction of sp³-hybridized carbons (Fsp3) is 0.667. The Morgan fingerprint density at radius 3 is 2.21 bits per heavy atom. The number of ether oxygens (including phenoxy) is 1. The number of aliphatic hydroxyl groups is 1. The molecule has 0 radical (unpaired) electrons. The fourth-order valence-corrected chi connectivity index (χ4v) is 5.52. The Morgan fingerprint density at radius 2 is 1.63 bits per heavy atom. The Hall–Kier alpha value is -2.26. The highest BCUT2D eigenvalue weighted by Gasteiger charge is 2.27. The first kappa shape index (κ1) is 33.8. The monoisotopic (exact) mass is 556 g/mol. The van der Waals surface area contributed by atoms with E-state index in [0.29, 0.717) is 32.1 Å². The van der Waals surface area contributed by atoms with Crippen LogP contribution in [0.3, 0.4) is 0 Å². The van der Waals surface area contributed by atoms with Gasteiger partial charge in [0.25, 0.3) is 0 Å². The van der Waals surface area contributed by atoms with E-state index in [9.17, 15) is 24.1 Å². The van der Waals surface area contributed by atoms with Crippen LogP contribution in [0.4, 0.5) is 4.79 Å². The van der Waals surface area contributed by atoms with E-state index in [1.54, 1.807) is 13.8 Å². The number of ketones is 1. The van der Waals surface area contributed by atoms with E-state index in [1.807, 2.05) is 44.2 Å². The number of benzene rings is 1. The van der Waals surface area contributed by atoms with E-state index in [0.717, 1.165) is 5.56 Å². The molecule has 0 saturated carbocycles. The Bertz CT molecular complexity index is 871. The molecule has 1 rings (SSSR count). The number of aliphatic hydroxyl groups excluding tert-OH is 1. The van der Waals surface area contributed by atoms with Crippen LogP contribution in [-0.4, -0.2) is 61.0 Å². The highest BCUT2D eigenvalue weighted by Crippen LogP contribution is 2.48. The summed E-state index contributed by atoms with van der Waals surface area (Å²) in [6.45, 7) is 7.64. The fourth-order valence-electron chi connectivity index (χ4n) is 3.89. The van der Waals surface area contributed by atoms with Crippen LogP contribution in [0.15, 0.2) is 30.3 Å². The summed E-state index contributed by atoms with van der Waals surface area (Å²) in [6.07, 6.45) is 1.90. The van der Waals surface area contributed by atoms with Gasteiger partial charge in [0.15, 0.2) is 0 Å². The lowest BCUT2D eigenvalue weighted by Crippen LogP contribution is -2.50. The molecule has 0 bridgehead atoms. The van der Waals surface area contributed by atoms with Gasteiger partial charge < -0.3 is 29.5 Å². The summed E-state index contributed by atoms with van der Waals surface area (Å²) in [5, 5.41) is 15.1. The molecule has 0 fully saturated rings. The smallest absolute Gasteiger partial charge is 0.408 e. The van der Waals surface area contributed by atoms with Crippen LogP contribution < -0.4 is 10.6 Å². The molecule has 1 aromatic rings. The van der Waals surface area contributed by atoms with Gasteiger partial charge in [-0.15, -0.1) is 0 Å². The van der Waals surface area contributed by atoms with Gasteiger partial charge >= 0.3 is 13.7 Å². The van der Waals surface area contributed by atoms with Gasteiger partial charge in [0, 0.05) is 6.42 Å². The zero-order valence-corrected chi connectivity index (χ0v) is 24.0. The third-order valence-corrected chi connectivity index (χ3v) is 7.66. The molecular weight excluding hydrogens is 511 g/mol. The first-order chi connectivity index (χ1) is 18.1. The third kappa shape index (κ3) is 14.6. The number of nitrogens with one attached hydrogen (secondary N) is 2. The number of amides is 2. The van der Waals surface area contributed by atoms with Crippen LogP contribution in [0, 0.1) is 5.92 Å². The Balaban J connectivity index is 2.63. The van der Waals surface area contributed by atoms with E-state index < -0.39 is 31.7 Å². The van der Waals surface area contributed by atoms with Gasteiger partial charge in [-0.25, -0.2) is 4.79 Å². The molecule has 38 heavy (non-hydrogen) atoms. The molecule has 0 spiro atoms. The maximum atomic E-state index is 13.0. The molecule has 10 nitrogen and oxygen atoms in total. The Morgan fingerprint density at radius 1 is 0.974 bits per heavy atom. The molecule has 2 atom stereocenters. The quantitative estimate of drug-likeness (QED) is 0.156. The van der Waals surface area contributed by atoms with Crippen molar-refractivity contribution in [3.63, 3.8) is 0 Å². The lowest BCUT2D eigenvalue weighted by molar-refractivity contribution is -0.124. The zero-order valence-electron chi connectivity index (χ0n) is 23.1. The molecule has 0 saturated heterocycles. The highest BCUT2D eigenvalue weighted by molar-refractivity contribution is 7.54. The third-order valence-electron chi connectivity index (χ3n) is 5.61. The van der Waals surface area contributed by atoms with Gasteiger partial charge in [0.05, 0.1) is 25.9 Å². The highest BCUT2D eigenvalue weighted by atomic mass is 31.2. The first-order valence-electron chi connectivity index (χ1n) is 13.4. The van der Waals surface area contributed by atoms with Crippen molar-refractivity contribution in [2.24, 2.45) is 5.92 Å². The van der Waals surface area contributed by atoms with Crippen molar-refractivity contribution in [2.45, 2.75) is 84.9 Å². The lowest BCUT2D eigenvalue weighted by atomic mass is 10.0. The molecule has 0 aromatic heterocycles. The summed E-state index contributed by atoms with van der Waals surface area (Å²) in [5.74, 6) is -0.327. The minimum absolute atomic E-state index is 0.0725. The minimum atomic E-state index is -3.42. The predicted molar refractivity (Wildman–Crippen MR) is 146 cm³/mol. The number of rotatable bonds is 20. The molecule has 0 aliphatic carbocycles. The molecule has 0 heterocycles. The maximum Gasteiger partial charge on any atom is 0.408 e. The van der Waals surface area contributed by atoms with Gasteiger partial charge in [-0.1, -0.05) is 57.0 Å². The largest absolute Gasteiger partial charge is 0.445 e. The molecule has 216 valence electrons. The number of hydrogen-bond acceptors (Lipinski definition) is 8. The van der Waals surface area contributed by atoms with Crippen LogP contribution in [0.5, 0.6) is 0 Å². The van der Waals surface area contributed by atoms with E-state index in [-0.39, 0.29) is 50.7 Å². The lowest BCUT2D eigenvalue weighted by Gasteiger charge is -2.23.